The van der Waals surface area contributed by atoms with Crippen LogP contribution in [0.5, 0.6) is 0 Å². The van der Waals surface area contributed by atoms with Crippen molar-refractivity contribution in [2.24, 2.45) is 5.92 Å². The van der Waals surface area contributed by atoms with Gasteiger partial charge in [0, 0.05) is 25.6 Å². The van der Waals surface area contributed by atoms with Gasteiger partial charge in [-0.15, -0.1) is 0 Å². The fourth-order valence-electron chi connectivity index (χ4n) is 2.61. The van der Waals surface area contributed by atoms with Crippen LogP contribution in [0.15, 0.2) is 22.7 Å². The fraction of sp³-hybridized carbons (Fsp3) is 0.500. The van der Waals surface area contributed by atoms with Crippen LogP contribution in [-0.4, -0.2) is 35.9 Å². The van der Waals surface area contributed by atoms with E-state index in [9.17, 15) is 14.9 Å². The monoisotopic (exact) mass is 355 g/mol. The second-order valence-corrected chi connectivity index (χ2v) is 6.06. The maximum absolute atomic E-state index is 11.6. The highest BCUT2D eigenvalue weighted by atomic mass is 79.9. The maximum Gasteiger partial charge on any atom is 0.283 e. The molecule has 0 spiro atoms. The quantitative estimate of drug-likeness (QED) is 0.664. The molecule has 0 unspecified atom stereocenters. The Bertz CT molecular complexity index is 542. The Hall–Kier alpha value is -1.47. The molecule has 0 radical (unpaired) electrons. The minimum Gasteiger partial charge on any atom is -0.359 e. The van der Waals surface area contributed by atoms with Gasteiger partial charge >= 0.3 is 0 Å². The first-order valence-electron chi connectivity index (χ1n) is 6.88. The SMILES string of the molecule is CNC(=O)C1CCN(Cc2ccc(Br)c([N+](=O)[O-])c2)CC1. The standard InChI is InChI=1S/C14H18BrN3O3/c1-16-14(19)11-4-6-17(7-5-11)9-10-2-3-12(15)13(8-10)18(20)21/h2-3,8,11H,4-7,9H2,1H3,(H,16,19). The summed E-state index contributed by atoms with van der Waals surface area (Å²) in [4.78, 5) is 24.4. The Labute approximate surface area is 131 Å². The van der Waals surface area contributed by atoms with E-state index in [-0.39, 0.29) is 22.4 Å². The van der Waals surface area contributed by atoms with Crippen LogP contribution in [0, 0.1) is 16.0 Å². The number of nitro benzene ring substituents is 1. The number of carbonyl (C=O) groups excluding carboxylic acids is 1. The van der Waals surface area contributed by atoms with Crippen LogP contribution in [0.25, 0.3) is 0 Å². The lowest BCUT2D eigenvalue weighted by Gasteiger charge is -2.31. The van der Waals surface area contributed by atoms with Gasteiger partial charge in [-0.1, -0.05) is 6.07 Å². The number of hydrogen-bond acceptors (Lipinski definition) is 4. The largest absolute Gasteiger partial charge is 0.359 e. The minimum atomic E-state index is -0.384. The van der Waals surface area contributed by atoms with Crippen LogP contribution in [0.2, 0.25) is 0 Å². The summed E-state index contributed by atoms with van der Waals surface area (Å²) in [6.07, 6.45) is 1.66. The molecular weight excluding hydrogens is 338 g/mol. The Morgan fingerprint density at radius 3 is 2.71 bits per heavy atom. The summed E-state index contributed by atoms with van der Waals surface area (Å²) in [5.74, 6) is 0.194. The third kappa shape index (κ3) is 4.01. The molecule has 1 aromatic carbocycles. The molecule has 6 nitrogen and oxygen atoms in total. The van der Waals surface area contributed by atoms with Crippen LogP contribution in [0.1, 0.15) is 18.4 Å². The van der Waals surface area contributed by atoms with E-state index in [2.05, 4.69) is 26.1 Å². The highest BCUT2D eigenvalue weighted by Gasteiger charge is 2.24. The molecule has 1 aromatic rings. The minimum absolute atomic E-state index is 0.0884. The highest BCUT2D eigenvalue weighted by molar-refractivity contribution is 9.10. The van der Waals surface area contributed by atoms with Gasteiger partial charge in [0.25, 0.3) is 5.69 Å². The van der Waals surface area contributed by atoms with Crippen molar-refractivity contribution in [2.45, 2.75) is 19.4 Å². The molecule has 7 heteroatoms. The summed E-state index contributed by atoms with van der Waals surface area (Å²) in [5, 5.41) is 13.6. The smallest absolute Gasteiger partial charge is 0.283 e. The number of halogens is 1. The second-order valence-electron chi connectivity index (χ2n) is 5.21. The maximum atomic E-state index is 11.6. The van der Waals surface area contributed by atoms with Crippen molar-refractivity contribution in [3.8, 4) is 0 Å². The summed E-state index contributed by atoms with van der Waals surface area (Å²) in [6.45, 7) is 2.35. The number of carbonyl (C=O) groups is 1. The van der Waals surface area contributed by atoms with Crippen molar-refractivity contribution in [1.82, 2.24) is 10.2 Å². The molecule has 1 N–H and O–H groups in total. The molecule has 1 aliphatic heterocycles. The molecule has 0 saturated carbocycles. The van der Waals surface area contributed by atoms with E-state index in [1.54, 1.807) is 19.2 Å². The van der Waals surface area contributed by atoms with Crippen molar-refractivity contribution in [3.05, 3.63) is 38.3 Å². The van der Waals surface area contributed by atoms with Crippen molar-refractivity contribution in [2.75, 3.05) is 20.1 Å². The van der Waals surface area contributed by atoms with Gasteiger partial charge in [0.05, 0.1) is 9.40 Å². The number of hydrogen-bond donors (Lipinski definition) is 1. The number of piperidine rings is 1. The fourth-order valence-corrected chi connectivity index (χ4v) is 3.00. The average Bonchev–Trinajstić information content (AvgIpc) is 2.49. The molecule has 114 valence electrons. The molecular formula is C14H18BrN3O3. The van der Waals surface area contributed by atoms with Crippen LogP contribution < -0.4 is 5.32 Å². The van der Waals surface area contributed by atoms with Gasteiger partial charge < -0.3 is 5.32 Å². The molecule has 1 fully saturated rings. The Morgan fingerprint density at radius 1 is 1.48 bits per heavy atom. The van der Waals surface area contributed by atoms with Gasteiger partial charge in [0.1, 0.15) is 0 Å². The first-order valence-corrected chi connectivity index (χ1v) is 7.67. The molecule has 21 heavy (non-hydrogen) atoms. The Kier molecular flexibility index (Phi) is 5.30. The molecule has 2 rings (SSSR count). The number of likely N-dealkylation sites (tertiary alicyclic amines) is 1. The average molecular weight is 356 g/mol. The zero-order valence-corrected chi connectivity index (χ0v) is 13.4. The topological polar surface area (TPSA) is 75.5 Å². The van der Waals surface area contributed by atoms with Gasteiger partial charge in [-0.2, -0.15) is 0 Å². The lowest BCUT2D eigenvalue weighted by Crippen LogP contribution is -2.39. The number of rotatable bonds is 4. The zero-order valence-electron chi connectivity index (χ0n) is 11.8. The predicted octanol–water partition coefficient (Wildman–Crippen LogP) is 2.32. The van der Waals surface area contributed by atoms with E-state index >= 15 is 0 Å². The third-order valence-corrected chi connectivity index (χ3v) is 4.49. The van der Waals surface area contributed by atoms with Gasteiger partial charge in [0.15, 0.2) is 0 Å². The molecule has 1 saturated heterocycles. The first-order chi connectivity index (χ1) is 10.0. The normalized spacial score (nSPS) is 16.7. The summed E-state index contributed by atoms with van der Waals surface area (Å²) < 4.78 is 0.495. The number of nitrogens with zero attached hydrogens (tertiary/aromatic N) is 2. The van der Waals surface area contributed by atoms with E-state index in [1.165, 1.54) is 0 Å². The lowest BCUT2D eigenvalue weighted by atomic mass is 9.95. The zero-order chi connectivity index (χ0) is 15.4. The van der Waals surface area contributed by atoms with E-state index in [0.29, 0.717) is 11.0 Å². The van der Waals surface area contributed by atoms with Crippen molar-refractivity contribution < 1.29 is 9.72 Å². The molecule has 0 aromatic heterocycles. The van der Waals surface area contributed by atoms with Crippen molar-refractivity contribution in [3.63, 3.8) is 0 Å². The van der Waals surface area contributed by atoms with E-state index < -0.39 is 0 Å². The van der Waals surface area contributed by atoms with Crippen LogP contribution in [0.3, 0.4) is 0 Å². The Morgan fingerprint density at radius 2 is 2.14 bits per heavy atom. The van der Waals surface area contributed by atoms with Crippen LogP contribution >= 0.6 is 15.9 Å². The molecule has 0 bridgehead atoms. The first kappa shape index (κ1) is 15.9. The van der Waals surface area contributed by atoms with Crippen molar-refractivity contribution in [1.29, 1.82) is 0 Å². The lowest BCUT2D eigenvalue weighted by molar-refractivity contribution is -0.385. The highest BCUT2D eigenvalue weighted by Crippen LogP contribution is 2.27. The van der Waals surface area contributed by atoms with Gasteiger partial charge in [-0.25, -0.2) is 0 Å². The van der Waals surface area contributed by atoms with Crippen molar-refractivity contribution >= 4 is 27.5 Å². The number of benzene rings is 1. The van der Waals surface area contributed by atoms with E-state index in [4.69, 9.17) is 0 Å². The molecule has 1 aliphatic rings. The Balaban J connectivity index is 1.96. The summed E-state index contributed by atoms with van der Waals surface area (Å²) >= 11 is 3.19. The molecule has 0 atom stereocenters. The van der Waals surface area contributed by atoms with Gasteiger partial charge in [0.2, 0.25) is 5.91 Å². The van der Waals surface area contributed by atoms with E-state index in [1.807, 2.05) is 6.07 Å². The predicted molar refractivity (Wildman–Crippen MR) is 82.9 cm³/mol. The second kappa shape index (κ2) is 7.00. The number of nitrogens with one attached hydrogen (secondary N) is 1. The molecule has 1 amide bonds. The summed E-state index contributed by atoms with van der Waals surface area (Å²) in [5.41, 5.74) is 1.01. The van der Waals surface area contributed by atoms with Gasteiger partial charge in [-0.3, -0.25) is 19.8 Å². The van der Waals surface area contributed by atoms with Gasteiger partial charge in [-0.05, 0) is 53.5 Å². The number of nitro groups is 1. The molecule has 1 heterocycles. The summed E-state index contributed by atoms with van der Waals surface area (Å²) in [6, 6.07) is 5.21. The van der Waals surface area contributed by atoms with Crippen LogP contribution in [0.4, 0.5) is 5.69 Å². The molecule has 0 aliphatic carbocycles. The third-order valence-electron chi connectivity index (χ3n) is 3.82. The number of amides is 1. The summed E-state index contributed by atoms with van der Waals surface area (Å²) in [7, 11) is 1.66. The van der Waals surface area contributed by atoms with E-state index in [0.717, 1.165) is 31.5 Å². The van der Waals surface area contributed by atoms with Crippen LogP contribution in [-0.2, 0) is 11.3 Å².